The van der Waals surface area contributed by atoms with Crippen LogP contribution in [0, 0.1) is 11.8 Å². The van der Waals surface area contributed by atoms with Gasteiger partial charge in [-0.3, -0.25) is 0 Å². The highest BCUT2D eigenvalue weighted by Crippen LogP contribution is 2.36. The monoisotopic (exact) mass is 392 g/mol. The molecule has 0 aliphatic carbocycles. The number of hydrogen-bond acceptors (Lipinski definition) is 1. The highest BCUT2D eigenvalue weighted by atomic mass is 28.4. The van der Waals surface area contributed by atoms with Crippen molar-refractivity contribution in [2.24, 2.45) is 11.8 Å². The van der Waals surface area contributed by atoms with Crippen LogP contribution in [0.1, 0.15) is 41.0 Å². The minimum Gasteiger partial charge on any atom is -0.404 e. The summed E-state index contributed by atoms with van der Waals surface area (Å²) in [6.45, 7) is 16.0. The van der Waals surface area contributed by atoms with E-state index in [0.29, 0.717) is 18.4 Å². The van der Waals surface area contributed by atoms with E-state index in [1.165, 1.54) is 10.4 Å². The lowest BCUT2D eigenvalue weighted by Gasteiger charge is -2.42. The minimum absolute atomic E-state index is 0.0204. The zero-order valence-corrected chi connectivity index (χ0v) is 19.2. The summed E-state index contributed by atoms with van der Waals surface area (Å²) in [5.41, 5.74) is 0. The van der Waals surface area contributed by atoms with Gasteiger partial charge in [0.25, 0.3) is 8.32 Å². The van der Waals surface area contributed by atoms with E-state index in [2.05, 4.69) is 114 Å². The first-order chi connectivity index (χ1) is 13.3. The SMILES string of the molecule is C=C[C@H](C)C[C@@H](C)/C=C/CO[Si](c1ccccc1)(c1ccccc1)C(C)(C)C. The summed E-state index contributed by atoms with van der Waals surface area (Å²) >= 11 is 0. The Balaban J connectivity index is 2.33. The van der Waals surface area contributed by atoms with Gasteiger partial charge in [-0.2, -0.15) is 0 Å². The van der Waals surface area contributed by atoms with Crippen LogP contribution in [-0.2, 0) is 4.43 Å². The van der Waals surface area contributed by atoms with Crippen LogP contribution in [-0.4, -0.2) is 14.9 Å². The quantitative estimate of drug-likeness (QED) is 0.377. The molecule has 2 atom stereocenters. The van der Waals surface area contributed by atoms with Crippen LogP contribution in [0.25, 0.3) is 0 Å². The Kier molecular flexibility index (Phi) is 8.03. The highest BCUT2D eigenvalue weighted by Gasteiger charge is 2.49. The molecule has 28 heavy (non-hydrogen) atoms. The number of rotatable bonds is 9. The average molecular weight is 393 g/mol. The summed E-state index contributed by atoms with van der Waals surface area (Å²) in [7, 11) is -2.43. The van der Waals surface area contributed by atoms with Crippen molar-refractivity contribution in [3.8, 4) is 0 Å². The van der Waals surface area contributed by atoms with Crippen molar-refractivity contribution >= 4 is 18.7 Å². The summed E-state index contributed by atoms with van der Waals surface area (Å²) in [5, 5.41) is 2.68. The fourth-order valence-corrected chi connectivity index (χ4v) is 8.49. The normalized spacial score (nSPS) is 14.8. The molecular weight excluding hydrogens is 356 g/mol. The van der Waals surface area contributed by atoms with Crippen LogP contribution >= 0.6 is 0 Å². The Morgan fingerprint density at radius 3 is 1.82 bits per heavy atom. The molecule has 0 N–H and O–H groups in total. The molecule has 2 aromatic rings. The summed E-state index contributed by atoms with van der Waals surface area (Å²) in [6, 6.07) is 21.6. The van der Waals surface area contributed by atoms with Crippen molar-refractivity contribution in [3.63, 3.8) is 0 Å². The first-order valence-electron chi connectivity index (χ1n) is 10.4. The van der Waals surface area contributed by atoms with E-state index in [1.807, 2.05) is 6.08 Å². The summed E-state index contributed by atoms with van der Waals surface area (Å²) in [5.74, 6) is 1.06. The molecule has 0 unspecified atom stereocenters. The van der Waals surface area contributed by atoms with Crippen LogP contribution in [0.15, 0.2) is 85.5 Å². The number of hydrogen-bond donors (Lipinski definition) is 0. The molecule has 0 saturated heterocycles. The molecule has 0 saturated carbocycles. The Bertz CT molecular complexity index is 704. The van der Waals surface area contributed by atoms with Crippen molar-refractivity contribution in [2.45, 2.75) is 46.1 Å². The van der Waals surface area contributed by atoms with Crippen LogP contribution in [0.2, 0.25) is 5.04 Å². The van der Waals surface area contributed by atoms with Gasteiger partial charge in [0.2, 0.25) is 0 Å². The van der Waals surface area contributed by atoms with Crippen molar-refractivity contribution < 1.29 is 4.43 Å². The predicted molar refractivity (Wildman–Crippen MR) is 126 cm³/mol. The molecule has 0 heterocycles. The van der Waals surface area contributed by atoms with Gasteiger partial charge in [-0.15, -0.1) is 6.58 Å². The average Bonchev–Trinajstić information content (AvgIpc) is 2.68. The largest absolute Gasteiger partial charge is 0.404 e. The molecule has 0 aliphatic rings. The zero-order valence-electron chi connectivity index (χ0n) is 18.2. The second-order valence-electron chi connectivity index (χ2n) is 8.83. The lowest BCUT2D eigenvalue weighted by atomic mass is 9.97. The topological polar surface area (TPSA) is 9.23 Å². The third kappa shape index (κ3) is 5.33. The number of benzene rings is 2. The Morgan fingerprint density at radius 1 is 0.893 bits per heavy atom. The first kappa shape index (κ1) is 22.4. The number of allylic oxidation sites excluding steroid dienone is 2. The lowest BCUT2D eigenvalue weighted by Crippen LogP contribution is -2.66. The molecule has 2 aromatic carbocycles. The van der Waals surface area contributed by atoms with E-state index in [9.17, 15) is 0 Å². The van der Waals surface area contributed by atoms with Gasteiger partial charge in [0.1, 0.15) is 0 Å². The smallest absolute Gasteiger partial charge is 0.261 e. The van der Waals surface area contributed by atoms with Gasteiger partial charge in [-0.05, 0) is 33.7 Å². The predicted octanol–water partition coefficient (Wildman–Crippen LogP) is 5.97. The third-order valence-corrected chi connectivity index (χ3v) is 10.4. The molecule has 0 amide bonds. The first-order valence-corrected chi connectivity index (χ1v) is 12.3. The second-order valence-corrected chi connectivity index (χ2v) is 13.1. The lowest BCUT2D eigenvalue weighted by molar-refractivity contribution is 0.338. The van der Waals surface area contributed by atoms with E-state index in [-0.39, 0.29) is 5.04 Å². The van der Waals surface area contributed by atoms with Crippen molar-refractivity contribution in [1.29, 1.82) is 0 Å². The fraction of sp³-hybridized carbons (Fsp3) is 0.385. The molecular formula is C26H36OSi. The molecule has 0 radical (unpaired) electrons. The van der Waals surface area contributed by atoms with E-state index in [1.54, 1.807) is 0 Å². The maximum atomic E-state index is 6.88. The molecule has 0 spiro atoms. The Hall–Kier alpha value is -1.90. The van der Waals surface area contributed by atoms with Gasteiger partial charge >= 0.3 is 0 Å². The molecule has 2 rings (SSSR count). The molecule has 2 heteroatoms. The standard InChI is InChI=1S/C26H36OSi/c1-7-22(2)21-23(3)15-14-20-27-28(26(4,5)6,24-16-10-8-11-17-24)25-18-12-9-13-19-25/h7-19,22-23H,1,20-21H2,2-6H3/b15-14+/t22-,23-/m0/s1. The zero-order chi connectivity index (χ0) is 20.6. The van der Waals surface area contributed by atoms with E-state index in [0.717, 1.165) is 6.42 Å². The highest BCUT2D eigenvalue weighted by molar-refractivity contribution is 6.99. The molecule has 0 aromatic heterocycles. The van der Waals surface area contributed by atoms with Crippen molar-refractivity contribution in [1.82, 2.24) is 0 Å². The molecule has 0 fully saturated rings. The van der Waals surface area contributed by atoms with Crippen LogP contribution in [0.3, 0.4) is 0 Å². The van der Waals surface area contributed by atoms with Crippen LogP contribution in [0.4, 0.5) is 0 Å². The van der Waals surface area contributed by atoms with Gasteiger partial charge in [0.05, 0.1) is 6.61 Å². The van der Waals surface area contributed by atoms with Crippen LogP contribution < -0.4 is 10.4 Å². The summed E-state index contributed by atoms with van der Waals surface area (Å²) in [6.07, 6.45) is 7.65. The van der Waals surface area contributed by atoms with Crippen molar-refractivity contribution in [2.75, 3.05) is 6.61 Å². The van der Waals surface area contributed by atoms with Gasteiger partial charge < -0.3 is 4.43 Å². The van der Waals surface area contributed by atoms with Gasteiger partial charge in [-0.1, -0.05) is 114 Å². The molecule has 0 bridgehead atoms. The third-order valence-electron chi connectivity index (χ3n) is 5.42. The minimum atomic E-state index is -2.43. The Morgan fingerprint density at radius 2 is 1.39 bits per heavy atom. The van der Waals surface area contributed by atoms with Gasteiger partial charge in [0, 0.05) is 0 Å². The Labute approximate surface area is 173 Å². The van der Waals surface area contributed by atoms with Crippen LogP contribution in [0.5, 0.6) is 0 Å². The fourth-order valence-electron chi connectivity index (χ4n) is 3.98. The van der Waals surface area contributed by atoms with E-state index in [4.69, 9.17) is 4.43 Å². The van der Waals surface area contributed by atoms with Gasteiger partial charge in [-0.25, -0.2) is 0 Å². The van der Waals surface area contributed by atoms with E-state index >= 15 is 0 Å². The molecule has 0 aliphatic heterocycles. The molecule has 1 nitrogen and oxygen atoms in total. The second kappa shape index (κ2) is 10.0. The molecule has 150 valence electrons. The van der Waals surface area contributed by atoms with Gasteiger partial charge in [0.15, 0.2) is 0 Å². The van der Waals surface area contributed by atoms with E-state index < -0.39 is 8.32 Å². The summed E-state index contributed by atoms with van der Waals surface area (Å²) in [4.78, 5) is 0. The maximum Gasteiger partial charge on any atom is 0.261 e. The maximum absolute atomic E-state index is 6.88. The van der Waals surface area contributed by atoms with Crippen molar-refractivity contribution in [3.05, 3.63) is 85.5 Å². The summed E-state index contributed by atoms with van der Waals surface area (Å²) < 4.78 is 6.88.